The highest BCUT2D eigenvalue weighted by Crippen LogP contribution is 2.28. The Morgan fingerprint density at radius 3 is 2.30 bits per heavy atom. The second-order valence-electron chi connectivity index (χ2n) is 6.59. The number of halogens is 2. The van der Waals surface area contributed by atoms with E-state index in [0.29, 0.717) is 28.9 Å². The molecular weight excluding hydrogens is 465 g/mol. The molecule has 0 N–H and O–H groups in total. The molecule has 0 atom stereocenters. The maximum absolute atomic E-state index is 12.9. The molecule has 1 saturated heterocycles. The lowest BCUT2D eigenvalue weighted by Crippen LogP contribution is -2.51. The van der Waals surface area contributed by atoms with Gasteiger partial charge in [0.05, 0.1) is 16.2 Å². The van der Waals surface area contributed by atoms with Crippen LogP contribution < -0.4 is 0 Å². The summed E-state index contributed by atoms with van der Waals surface area (Å²) in [5.41, 5.74) is 0.913. The van der Waals surface area contributed by atoms with Gasteiger partial charge in [-0.05, 0) is 29.8 Å². The van der Waals surface area contributed by atoms with Crippen molar-refractivity contribution in [3.05, 3.63) is 63.6 Å². The van der Waals surface area contributed by atoms with E-state index in [4.69, 9.17) is 23.2 Å². The predicted octanol–water partition coefficient (Wildman–Crippen LogP) is 3.63. The number of piperazine rings is 1. The van der Waals surface area contributed by atoms with Crippen molar-refractivity contribution in [1.82, 2.24) is 9.21 Å². The summed E-state index contributed by atoms with van der Waals surface area (Å²) >= 11 is 13.7. The summed E-state index contributed by atoms with van der Waals surface area (Å²) in [5, 5.41) is 10.3. The molecule has 6 nitrogen and oxygen atoms in total. The van der Waals surface area contributed by atoms with Crippen molar-refractivity contribution in [3.63, 3.8) is 0 Å². The van der Waals surface area contributed by atoms with Crippen LogP contribution in [0.15, 0.2) is 47.4 Å². The smallest absolute Gasteiger partial charge is 0.244 e. The number of amides is 1. The molecule has 0 saturated carbocycles. The number of hydrogen-bond donors (Lipinski definition) is 0. The van der Waals surface area contributed by atoms with Crippen molar-refractivity contribution >= 4 is 50.9 Å². The molecule has 3 rings (SSSR count). The zero-order valence-electron chi connectivity index (χ0n) is 15.9. The normalized spacial score (nSPS) is 15.0. The Balaban J connectivity index is 1.55. The molecule has 0 bridgehead atoms. The number of hydrogen-bond acceptors (Lipinski definition) is 5. The lowest BCUT2D eigenvalue weighted by Gasteiger charge is -2.34. The Labute approximate surface area is 190 Å². The quantitative estimate of drug-likeness (QED) is 0.626. The number of benzene rings is 2. The summed E-state index contributed by atoms with van der Waals surface area (Å²) in [6.45, 7) is 0.990. The Morgan fingerprint density at radius 2 is 1.67 bits per heavy atom. The van der Waals surface area contributed by atoms with Crippen molar-refractivity contribution in [2.24, 2.45) is 0 Å². The molecule has 1 fully saturated rings. The molecule has 10 heteroatoms. The van der Waals surface area contributed by atoms with Crippen LogP contribution in [0.2, 0.25) is 10.0 Å². The highest BCUT2D eigenvalue weighted by atomic mass is 35.5. The van der Waals surface area contributed by atoms with Gasteiger partial charge in [-0.15, -0.1) is 11.8 Å². The lowest BCUT2D eigenvalue weighted by molar-refractivity contribution is -0.129. The fourth-order valence-electron chi connectivity index (χ4n) is 3.10. The van der Waals surface area contributed by atoms with Crippen molar-refractivity contribution in [2.75, 3.05) is 31.9 Å². The minimum atomic E-state index is -3.78. The fraction of sp³-hybridized carbons (Fsp3) is 0.300. The second kappa shape index (κ2) is 10.0. The van der Waals surface area contributed by atoms with Crippen LogP contribution in [-0.2, 0) is 20.6 Å². The predicted molar refractivity (Wildman–Crippen MR) is 119 cm³/mol. The van der Waals surface area contributed by atoms with Crippen LogP contribution in [0.4, 0.5) is 0 Å². The molecule has 30 heavy (non-hydrogen) atoms. The summed E-state index contributed by atoms with van der Waals surface area (Å²) in [7, 11) is -3.78. The van der Waals surface area contributed by atoms with Crippen LogP contribution >= 0.6 is 35.0 Å². The third kappa shape index (κ3) is 5.10. The van der Waals surface area contributed by atoms with Gasteiger partial charge in [0, 0.05) is 42.0 Å². The van der Waals surface area contributed by atoms with Crippen LogP contribution in [0, 0.1) is 11.3 Å². The molecule has 2 aromatic carbocycles. The van der Waals surface area contributed by atoms with E-state index >= 15 is 0 Å². The van der Waals surface area contributed by atoms with Gasteiger partial charge in [-0.2, -0.15) is 9.57 Å². The third-order valence-electron chi connectivity index (χ3n) is 4.75. The monoisotopic (exact) mass is 483 g/mol. The van der Waals surface area contributed by atoms with Crippen LogP contribution in [0.5, 0.6) is 0 Å². The first kappa shape index (κ1) is 22.9. The molecule has 1 heterocycles. The molecule has 1 aliphatic rings. The summed E-state index contributed by atoms with van der Waals surface area (Å²) in [4.78, 5) is 14.2. The van der Waals surface area contributed by atoms with E-state index < -0.39 is 10.0 Å². The molecule has 0 aliphatic carbocycles. The Kier molecular flexibility index (Phi) is 7.66. The molecule has 0 unspecified atom stereocenters. The third-order valence-corrected chi connectivity index (χ3v) is 8.36. The molecule has 1 aliphatic heterocycles. The first-order valence-corrected chi connectivity index (χ1v) is 12.5. The number of nitrogens with zero attached hydrogens (tertiary/aromatic N) is 3. The largest absolute Gasteiger partial charge is 0.339 e. The summed E-state index contributed by atoms with van der Waals surface area (Å²) in [5.74, 6) is 0.715. The highest BCUT2D eigenvalue weighted by molar-refractivity contribution is 7.99. The molecule has 0 spiro atoms. The Hall–Kier alpha value is -1.76. The maximum atomic E-state index is 12.9. The number of nitriles is 1. The number of thioether (sulfide) groups is 1. The van der Waals surface area contributed by atoms with Crippen LogP contribution in [0.1, 0.15) is 11.1 Å². The zero-order valence-corrected chi connectivity index (χ0v) is 19.1. The first-order valence-electron chi connectivity index (χ1n) is 9.12. The number of sulfonamides is 1. The van der Waals surface area contributed by atoms with Crippen molar-refractivity contribution in [2.45, 2.75) is 10.6 Å². The highest BCUT2D eigenvalue weighted by Gasteiger charge is 2.31. The van der Waals surface area contributed by atoms with E-state index in [1.165, 1.54) is 28.2 Å². The Bertz CT molecular complexity index is 1060. The van der Waals surface area contributed by atoms with E-state index in [1.807, 2.05) is 6.07 Å². The average molecular weight is 484 g/mol. The van der Waals surface area contributed by atoms with Crippen LogP contribution in [0.3, 0.4) is 0 Å². The number of carbonyl (C=O) groups is 1. The van der Waals surface area contributed by atoms with Crippen LogP contribution in [-0.4, -0.2) is 55.5 Å². The second-order valence-corrected chi connectivity index (χ2v) is 10.3. The molecule has 0 aromatic heterocycles. The standard InChI is InChI=1S/C20H19Cl2N3O3S2/c21-17-5-3-6-18(22)16(17)13-29-14-20(26)24-8-10-25(11-9-24)30(27,28)19-7-2-1-4-15(19)12-23/h1-7H,8-11,13-14H2. The Morgan fingerprint density at radius 1 is 1.03 bits per heavy atom. The minimum Gasteiger partial charge on any atom is -0.339 e. The van der Waals surface area contributed by atoms with E-state index in [1.54, 1.807) is 35.2 Å². The van der Waals surface area contributed by atoms with Gasteiger partial charge < -0.3 is 4.90 Å². The van der Waals surface area contributed by atoms with E-state index in [2.05, 4.69) is 0 Å². The number of carbonyl (C=O) groups excluding carboxylic acids is 1. The maximum Gasteiger partial charge on any atom is 0.244 e. The first-order chi connectivity index (χ1) is 14.3. The fourth-order valence-corrected chi connectivity index (χ4v) is 6.33. The molecular formula is C20H19Cl2N3O3S2. The van der Waals surface area contributed by atoms with Gasteiger partial charge in [0.1, 0.15) is 6.07 Å². The van der Waals surface area contributed by atoms with Crippen molar-refractivity contribution in [3.8, 4) is 6.07 Å². The van der Waals surface area contributed by atoms with Crippen molar-refractivity contribution < 1.29 is 13.2 Å². The lowest BCUT2D eigenvalue weighted by atomic mass is 10.2. The average Bonchev–Trinajstić information content (AvgIpc) is 2.75. The topological polar surface area (TPSA) is 81.5 Å². The molecule has 1 amide bonds. The van der Waals surface area contributed by atoms with Gasteiger partial charge in [0.25, 0.3) is 0 Å². The zero-order chi connectivity index (χ0) is 21.7. The van der Waals surface area contributed by atoms with E-state index in [0.717, 1.165) is 5.56 Å². The summed E-state index contributed by atoms with van der Waals surface area (Å²) < 4.78 is 27.1. The van der Waals surface area contributed by atoms with Crippen LogP contribution in [0.25, 0.3) is 0 Å². The molecule has 158 valence electrons. The SMILES string of the molecule is N#Cc1ccccc1S(=O)(=O)N1CCN(C(=O)CSCc2c(Cl)cccc2Cl)CC1. The minimum absolute atomic E-state index is 0.000509. The van der Waals surface area contributed by atoms with Gasteiger partial charge in [-0.3, -0.25) is 4.79 Å². The van der Waals surface area contributed by atoms with Gasteiger partial charge >= 0.3 is 0 Å². The van der Waals surface area contributed by atoms with Gasteiger partial charge in [0.2, 0.25) is 15.9 Å². The molecule has 0 radical (unpaired) electrons. The van der Waals surface area contributed by atoms with E-state index in [-0.39, 0.29) is 35.2 Å². The molecule has 2 aromatic rings. The summed E-state index contributed by atoms with van der Waals surface area (Å²) in [6.07, 6.45) is 0. The van der Waals surface area contributed by atoms with Crippen molar-refractivity contribution in [1.29, 1.82) is 5.26 Å². The van der Waals surface area contributed by atoms with Gasteiger partial charge in [-0.25, -0.2) is 8.42 Å². The van der Waals surface area contributed by atoms with E-state index in [9.17, 15) is 18.5 Å². The van der Waals surface area contributed by atoms with Gasteiger partial charge in [-0.1, -0.05) is 41.4 Å². The summed E-state index contributed by atoms with van der Waals surface area (Å²) in [6, 6.07) is 13.3. The van der Waals surface area contributed by atoms with Gasteiger partial charge in [0.15, 0.2) is 0 Å². The number of rotatable bonds is 6.